The molecule has 1 aromatic carbocycles. The molecule has 1 heterocycles. The molecule has 1 atom stereocenters. The zero-order chi connectivity index (χ0) is 15.2. The zero-order valence-corrected chi connectivity index (χ0v) is 13.4. The van der Waals surface area contributed by atoms with E-state index in [1.54, 1.807) is 7.11 Å². The Hall–Kier alpha value is -1.81. The summed E-state index contributed by atoms with van der Waals surface area (Å²) in [6, 6.07) is 8.73. The van der Waals surface area contributed by atoms with E-state index in [0.717, 1.165) is 24.5 Å². The number of benzene rings is 1. The summed E-state index contributed by atoms with van der Waals surface area (Å²) in [4.78, 5) is 4.61. The Bertz CT molecular complexity index is 577. The van der Waals surface area contributed by atoms with E-state index in [1.165, 1.54) is 11.3 Å². The second kappa shape index (κ2) is 7.27. The lowest BCUT2D eigenvalue weighted by molar-refractivity contribution is 0.190. The Balaban J connectivity index is 2.35. The minimum atomic E-state index is 0.217. The maximum Gasteiger partial charge on any atom is 0.208 e. The smallest absolute Gasteiger partial charge is 0.208 e. The van der Waals surface area contributed by atoms with Gasteiger partial charge in [0.25, 0.3) is 0 Å². The summed E-state index contributed by atoms with van der Waals surface area (Å²) in [5.74, 6) is 0.876. The van der Waals surface area contributed by atoms with Gasteiger partial charge >= 0.3 is 0 Å². The molecule has 0 fully saturated rings. The molecule has 2 aromatic rings. The molecular formula is C17H25N3O. The Kier molecular flexibility index (Phi) is 5.39. The first-order valence-electron chi connectivity index (χ1n) is 7.55. The van der Waals surface area contributed by atoms with Crippen molar-refractivity contribution in [1.29, 1.82) is 0 Å². The van der Waals surface area contributed by atoms with Crippen molar-refractivity contribution in [3.8, 4) is 5.69 Å². The molecule has 1 N–H and O–H groups in total. The van der Waals surface area contributed by atoms with Crippen LogP contribution in [0.5, 0.6) is 0 Å². The van der Waals surface area contributed by atoms with Crippen LogP contribution in [0.2, 0.25) is 0 Å². The van der Waals surface area contributed by atoms with Crippen LogP contribution in [0.15, 0.2) is 30.5 Å². The van der Waals surface area contributed by atoms with Crippen molar-refractivity contribution in [3.05, 3.63) is 41.7 Å². The van der Waals surface area contributed by atoms with Crippen LogP contribution in [0.3, 0.4) is 0 Å². The van der Waals surface area contributed by atoms with Gasteiger partial charge in [-0.25, -0.2) is 4.98 Å². The van der Waals surface area contributed by atoms with E-state index in [9.17, 15) is 0 Å². The van der Waals surface area contributed by atoms with Gasteiger partial charge in [0.15, 0.2) is 0 Å². The van der Waals surface area contributed by atoms with Crippen LogP contribution in [0.4, 0.5) is 5.95 Å². The molecule has 2 rings (SSSR count). The molecular weight excluding hydrogens is 262 g/mol. The minimum Gasteiger partial charge on any atom is -0.383 e. The number of hydrogen-bond acceptors (Lipinski definition) is 3. The molecule has 114 valence electrons. The summed E-state index contributed by atoms with van der Waals surface area (Å²) in [7, 11) is 1.71. The average molecular weight is 287 g/mol. The first kappa shape index (κ1) is 15.6. The van der Waals surface area contributed by atoms with Gasteiger partial charge in [-0.3, -0.25) is 4.57 Å². The van der Waals surface area contributed by atoms with Crippen molar-refractivity contribution >= 4 is 5.95 Å². The molecule has 0 amide bonds. The quantitative estimate of drug-likeness (QED) is 0.846. The minimum absolute atomic E-state index is 0.217. The molecule has 0 aliphatic rings. The van der Waals surface area contributed by atoms with Crippen molar-refractivity contribution in [1.82, 2.24) is 9.55 Å². The van der Waals surface area contributed by atoms with Crippen LogP contribution >= 0.6 is 0 Å². The molecule has 1 aromatic heterocycles. The number of anilines is 1. The van der Waals surface area contributed by atoms with Crippen molar-refractivity contribution in [2.24, 2.45) is 0 Å². The summed E-state index contributed by atoms with van der Waals surface area (Å²) in [5.41, 5.74) is 3.56. The van der Waals surface area contributed by atoms with E-state index in [1.807, 2.05) is 6.92 Å². The van der Waals surface area contributed by atoms with Gasteiger partial charge in [0.1, 0.15) is 0 Å². The normalized spacial score (nSPS) is 12.4. The van der Waals surface area contributed by atoms with Crippen molar-refractivity contribution in [3.63, 3.8) is 0 Å². The van der Waals surface area contributed by atoms with Crippen LogP contribution in [0.1, 0.15) is 31.5 Å². The van der Waals surface area contributed by atoms with Crippen molar-refractivity contribution in [2.75, 3.05) is 19.0 Å². The molecule has 0 aliphatic heterocycles. The van der Waals surface area contributed by atoms with Crippen molar-refractivity contribution < 1.29 is 4.74 Å². The lowest BCUT2D eigenvalue weighted by atomic mass is 10.1. The monoisotopic (exact) mass is 287 g/mol. The maximum absolute atomic E-state index is 5.19. The van der Waals surface area contributed by atoms with Crippen LogP contribution in [-0.4, -0.2) is 29.3 Å². The Morgan fingerprint density at radius 2 is 2.10 bits per heavy atom. The fraction of sp³-hybridized carbons (Fsp3) is 0.471. The number of para-hydroxylation sites is 1. The van der Waals surface area contributed by atoms with Gasteiger partial charge in [-0.2, -0.15) is 0 Å². The SMILES string of the molecule is CCCc1ccccc1-n1cc(C)nc1NC(C)COC. The first-order valence-corrected chi connectivity index (χ1v) is 7.55. The molecule has 0 saturated carbocycles. The molecule has 1 unspecified atom stereocenters. The number of hydrogen-bond donors (Lipinski definition) is 1. The van der Waals surface area contributed by atoms with E-state index in [4.69, 9.17) is 4.74 Å². The van der Waals surface area contributed by atoms with Gasteiger partial charge in [-0.05, 0) is 31.9 Å². The Labute approximate surface area is 127 Å². The van der Waals surface area contributed by atoms with Gasteiger partial charge in [0.05, 0.1) is 18.0 Å². The zero-order valence-electron chi connectivity index (χ0n) is 13.4. The van der Waals surface area contributed by atoms with Crippen LogP contribution < -0.4 is 5.32 Å². The fourth-order valence-electron chi connectivity index (χ4n) is 2.52. The highest BCUT2D eigenvalue weighted by atomic mass is 16.5. The number of nitrogens with one attached hydrogen (secondary N) is 1. The summed E-state index contributed by atoms with van der Waals surface area (Å²) in [5, 5.41) is 3.43. The number of aryl methyl sites for hydroxylation is 2. The second-order valence-electron chi connectivity index (χ2n) is 5.46. The summed E-state index contributed by atoms with van der Waals surface area (Å²) in [6.07, 6.45) is 4.28. The molecule has 4 nitrogen and oxygen atoms in total. The largest absolute Gasteiger partial charge is 0.383 e. The molecule has 0 radical (unpaired) electrons. The summed E-state index contributed by atoms with van der Waals surface area (Å²) >= 11 is 0. The van der Waals surface area contributed by atoms with Gasteiger partial charge in [0.2, 0.25) is 5.95 Å². The summed E-state index contributed by atoms with van der Waals surface area (Å²) < 4.78 is 7.34. The molecule has 0 bridgehead atoms. The standard InChI is InChI=1S/C17H25N3O/c1-5-8-15-9-6-7-10-16(15)20-11-13(2)18-17(20)19-14(3)12-21-4/h6-7,9-11,14H,5,8,12H2,1-4H3,(H,18,19). The lowest BCUT2D eigenvalue weighted by Gasteiger charge is -2.17. The molecule has 4 heteroatoms. The van der Waals surface area contributed by atoms with E-state index >= 15 is 0 Å². The van der Waals surface area contributed by atoms with Crippen molar-refractivity contribution in [2.45, 2.75) is 39.7 Å². The lowest BCUT2D eigenvalue weighted by Crippen LogP contribution is -2.23. The number of rotatable bonds is 7. The molecule has 21 heavy (non-hydrogen) atoms. The fourth-order valence-corrected chi connectivity index (χ4v) is 2.52. The maximum atomic E-state index is 5.19. The molecule has 0 aliphatic carbocycles. The van der Waals surface area contributed by atoms with Crippen LogP contribution in [0.25, 0.3) is 5.69 Å². The van der Waals surface area contributed by atoms with E-state index in [-0.39, 0.29) is 6.04 Å². The predicted molar refractivity (Wildman–Crippen MR) is 87.3 cm³/mol. The Morgan fingerprint density at radius 3 is 2.81 bits per heavy atom. The predicted octanol–water partition coefficient (Wildman–Crippen LogP) is 3.58. The third-order valence-electron chi connectivity index (χ3n) is 3.39. The third kappa shape index (κ3) is 3.85. The molecule has 0 spiro atoms. The van der Waals surface area contributed by atoms with Gasteiger partial charge < -0.3 is 10.1 Å². The van der Waals surface area contributed by atoms with E-state index in [0.29, 0.717) is 6.61 Å². The topological polar surface area (TPSA) is 39.1 Å². The van der Waals surface area contributed by atoms with Crippen LogP contribution in [-0.2, 0) is 11.2 Å². The average Bonchev–Trinajstić information content (AvgIpc) is 2.80. The van der Waals surface area contributed by atoms with E-state index in [2.05, 4.69) is 59.2 Å². The molecule has 0 saturated heterocycles. The van der Waals surface area contributed by atoms with Gasteiger partial charge in [-0.15, -0.1) is 0 Å². The van der Waals surface area contributed by atoms with E-state index < -0.39 is 0 Å². The Morgan fingerprint density at radius 1 is 1.33 bits per heavy atom. The van der Waals surface area contributed by atoms with Gasteiger partial charge in [0, 0.05) is 19.3 Å². The third-order valence-corrected chi connectivity index (χ3v) is 3.39. The number of nitrogens with zero attached hydrogens (tertiary/aromatic N) is 2. The highest BCUT2D eigenvalue weighted by Crippen LogP contribution is 2.22. The highest BCUT2D eigenvalue weighted by molar-refractivity contribution is 5.48. The summed E-state index contributed by atoms with van der Waals surface area (Å²) in [6.45, 7) is 6.97. The van der Waals surface area contributed by atoms with Crippen LogP contribution in [0, 0.1) is 6.92 Å². The highest BCUT2D eigenvalue weighted by Gasteiger charge is 2.12. The number of aromatic nitrogens is 2. The second-order valence-corrected chi connectivity index (χ2v) is 5.46. The first-order chi connectivity index (χ1) is 10.2. The number of ether oxygens (including phenoxy) is 1. The number of imidazole rings is 1. The van der Waals surface area contributed by atoms with Gasteiger partial charge in [-0.1, -0.05) is 31.5 Å². The number of methoxy groups -OCH3 is 1.